The Hall–Kier alpha value is -0.466. The molecule has 0 aliphatic rings. The molecule has 0 amide bonds. The second-order valence-corrected chi connectivity index (χ2v) is 14.3. The summed E-state index contributed by atoms with van der Waals surface area (Å²) in [4.78, 5) is 0. The summed E-state index contributed by atoms with van der Waals surface area (Å²) in [6.45, 7) is 12.4. The Morgan fingerprint density at radius 1 is 1.00 bits per heavy atom. The van der Waals surface area contributed by atoms with Gasteiger partial charge in [0.15, 0.2) is 0 Å². The summed E-state index contributed by atoms with van der Waals surface area (Å²) in [6, 6.07) is 11.7. The molecule has 1 aromatic rings. The Morgan fingerprint density at radius 2 is 1.52 bits per heavy atom. The van der Waals surface area contributed by atoms with E-state index in [0.29, 0.717) is 0 Å². The van der Waals surface area contributed by atoms with Crippen LogP contribution in [-0.2, 0) is 8.85 Å². The quantitative estimate of drug-likeness (QED) is 0.710. The zero-order chi connectivity index (χ0) is 15.9. The molecule has 0 saturated heterocycles. The summed E-state index contributed by atoms with van der Waals surface area (Å²) in [5.41, 5.74) is 6.79. The standard InChI is InChI=1S/C16H31NO2Si2/c1-6-18-21(5,19-7-2)14-13-16(17)20(3,4)15-11-9-8-10-12-15/h8-12,16H,6-7,13-14,17H2,1-5H3. The van der Waals surface area contributed by atoms with Crippen LogP contribution in [0.4, 0.5) is 0 Å². The van der Waals surface area contributed by atoms with Gasteiger partial charge in [0, 0.05) is 18.9 Å². The molecular weight excluding hydrogens is 294 g/mol. The second kappa shape index (κ2) is 8.24. The predicted octanol–water partition coefficient (Wildman–Crippen LogP) is 3.00. The van der Waals surface area contributed by atoms with Gasteiger partial charge in [-0.2, -0.15) is 0 Å². The van der Waals surface area contributed by atoms with Crippen molar-refractivity contribution in [2.45, 2.75) is 51.6 Å². The van der Waals surface area contributed by atoms with Gasteiger partial charge >= 0.3 is 8.56 Å². The van der Waals surface area contributed by atoms with Crippen molar-refractivity contribution in [1.82, 2.24) is 0 Å². The molecule has 5 heteroatoms. The molecule has 1 rings (SSSR count). The highest BCUT2D eigenvalue weighted by molar-refractivity contribution is 6.91. The van der Waals surface area contributed by atoms with Gasteiger partial charge in [-0.15, -0.1) is 0 Å². The fourth-order valence-electron chi connectivity index (χ4n) is 2.66. The van der Waals surface area contributed by atoms with Crippen molar-refractivity contribution in [2.75, 3.05) is 13.2 Å². The van der Waals surface area contributed by atoms with E-state index in [-0.39, 0.29) is 5.67 Å². The molecule has 1 unspecified atom stereocenters. The highest BCUT2D eigenvalue weighted by Crippen LogP contribution is 2.20. The lowest BCUT2D eigenvalue weighted by Gasteiger charge is -2.33. The molecule has 120 valence electrons. The molecule has 0 saturated carbocycles. The maximum Gasteiger partial charge on any atom is 0.334 e. The van der Waals surface area contributed by atoms with Gasteiger partial charge in [-0.1, -0.05) is 48.6 Å². The fourth-order valence-corrected chi connectivity index (χ4v) is 7.72. The van der Waals surface area contributed by atoms with Crippen LogP contribution < -0.4 is 10.9 Å². The molecule has 0 radical (unpaired) electrons. The van der Waals surface area contributed by atoms with E-state index < -0.39 is 16.6 Å². The monoisotopic (exact) mass is 325 g/mol. The summed E-state index contributed by atoms with van der Waals surface area (Å²) in [7, 11) is -3.69. The van der Waals surface area contributed by atoms with Crippen LogP contribution in [-0.4, -0.2) is 35.5 Å². The van der Waals surface area contributed by atoms with Crippen LogP contribution in [0.15, 0.2) is 30.3 Å². The highest BCUT2D eigenvalue weighted by Gasteiger charge is 2.36. The first-order valence-corrected chi connectivity index (χ1v) is 13.5. The third-order valence-corrected chi connectivity index (χ3v) is 11.2. The lowest BCUT2D eigenvalue weighted by Crippen LogP contribution is -2.57. The molecule has 0 aliphatic carbocycles. The van der Waals surface area contributed by atoms with Crippen molar-refractivity contribution < 1.29 is 8.85 Å². The Balaban J connectivity index is 2.69. The molecule has 0 aromatic heterocycles. The number of rotatable bonds is 9. The molecule has 0 spiro atoms. The minimum atomic E-state index is -2.05. The minimum Gasteiger partial charge on any atom is -0.395 e. The van der Waals surface area contributed by atoms with Gasteiger partial charge in [0.25, 0.3) is 0 Å². The first kappa shape index (κ1) is 18.6. The Bertz CT molecular complexity index is 406. The van der Waals surface area contributed by atoms with Crippen LogP contribution in [0, 0.1) is 0 Å². The average Bonchev–Trinajstić information content (AvgIpc) is 2.46. The number of benzene rings is 1. The summed E-state index contributed by atoms with van der Waals surface area (Å²) in [5, 5.41) is 1.42. The maximum atomic E-state index is 6.56. The second-order valence-electron chi connectivity index (χ2n) is 6.23. The van der Waals surface area contributed by atoms with Crippen molar-refractivity contribution in [3.8, 4) is 0 Å². The third-order valence-electron chi connectivity index (χ3n) is 4.25. The Labute approximate surface area is 132 Å². The lowest BCUT2D eigenvalue weighted by molar-refractivity contribution is 0.188. The molecule has 3 nitrogen and oxygen atoms in total. The number of hydrogen-bond donors (Lipinski definition) is 1. The highest BCUT2D eigenvalue weighted by atomic mass is 28.4. The average molecular weight is 326 g/mol. The van der Waals surface area contributed by atoms with Gasteiger partial charge in [-0.25, -0.2) is 0 Å². The van der Waals surface area contributed by atoms with Crippen molar-refractivity contribution in [2.24, 2.45) is 5.73 Å². The summed E-state index contributed by atoms with van der Waals surface area (Å²) in [5.74, 6) is 0. The normalized spacial score (nSPS) is 14.2. The van der Waals surface area contributed by atoms with Gasteiger partial charge < -0.3 is 14.6 Å². The first-order chi connectivity index (χ1) is 9.85. The Kier molecular flexibility index (Phi) is 7.29. The van der Waals surface area contributed by atoms with Crippen LogP contribution in [0.5, 0.6) is 0 Å². The van der Waals surface area contributed by atoms with Crippen LogP contribution in [0.1, 0.15) is 20.3 Å². The van der Waals surface area contributed by atoms with Gasteiger partial charge in [-0.3, -0.25) is 0 Å². The topological polar surface area (TPSA) is 44.5 Å². The third kappa shape index (κ3) is 5.34. The predicted molar refractivity (Wildman–Crippen MR) is 95.8 cm³/mol. The molecular formula is C16H31NO2Si2. The van der Waals surface area contributed by atoms with E-state index in [0.717, 1.165) is 25.7 Å². The Morgan fingerprint density at radius 3 is 2.00 bits per heavy atom. The van der Waals surface area contributed by atoms with Crippen LogP contribution in [0.2, 0.25) is 25.7 Å². The fraction of sp³-hybridized carbons (Fsp3) is 0.625. The van der Waals surface area contributed by atoms with Crippen molar-refractivity contribution in [3.63, 3.8) is 0 Å². The minimum absolute atomic E-state index is 0.229. The van der Waals surface area contributed by atoms with Crippen molar-refractivity contribution in [3.05, 3.63) is 30.3 Å². The smallest absolute Gasteiger partial charge is 0.334 e. The SMILES string of the molecule is CCO[Si](C)(CCC(N)[Si](C)(C)c1ccccc1)OCC. The van der Waals surface area contributed by atoms with E-state index in [4.69, 9.17) is 14.6 Å². The zero-order valence-electron chi connectivity index (χ0n) is 14.2. The van der Waals surface area contributed by atoms with Gasteiger partial charge in [0.1, 0.15) is 0 Å². The number of nitrogens with two attached hydrogens (primary N) is 1. The lowest BCUT2D eigenvalue weighted by atomic mass is 10.4. The van der Waals surface area contributed by atoms with Crippen molar-refractivity contribution >= 4 is 21.8 Å². The van der Waals surface area contributed by atoms with Crippen LogP contribution in [0.25, 0.3) is 0 Å². The molecule has 0 fully saturated rings. The molecule has 0 bridgehead atoms. The van der Waals surface area contributed by atoms with E-state index in [9.17, 15) is 0 Å². The van der Waals surface area contributed by atoms with Crippen LogP contribution in [0.3, 0.4) is 0 Å². The first-order valence-electron chi connectivity index (χ1n) is 7.94. The summed E-state index contributed by atoms with van der Waals surface area (Å²) < 4.78 is 11.8. The molecule has 2 N–H and O–H groups in total. The summed E-state index contributed by atoms with van der Waals surface area (Å²) >= 11 is 0. The van der Waals surface area contributed by atoms with E-state index in [1.165, 1.54) is 5.19 Å². The van der Waals surface area contributed by atoms with Gasteiger partial charge in [0.05, 0.1) is 8.07 Å². The van der Waals surface area contributed by atoms with Crippen LogP contribution >= 0.6 is 0 Å². The molecule has 0 aliphatic heterocycles. The van der Waals surface area contributed by atoms with Gasteiger partial charge in [0.2, 0.25) is 0 Å². The van der Waals surface area contributed by atoms with E-state index in [1.807, 2.05) is 13.8 Å². The number of hydrogen-bond acceptors (Lipinski definition) is 3. The maximum absolute atomic E-state index is 6.56. The molecule has 1 atom stereocenters. The molecule has 1 aromatic carbocycles. The molecule has 0 heterocycles. The van der Waals surface area contributed by atoms with Gasteiger partial charge in [-0.05, 0) is 32.9 Å². The zero-order valence-corrected chi connectivity index (χ0v) is 16.2. The van der Waals surface area contributed by atoms with E-state index in [2.05, 4.69) is 50.0 Å². The van der Waals surface area contributed by atoms with E-state index in [1.54, 1.807) is 0 Å². The molecule has 21 heavy (non-hydrogen) atoms. The summed E-state index contributed by atoms with van der Waals surface area (Å²) in [6.07, 6.45) is 0.983. The van der Waals surface area contributed by atoms with E-state index >= 15 is 0 Å². The largest absolute Gasteiger partial charge is 0.395 e. The van der Waals surface area contributed by atoms with Crippen molar-refractivity contribution in [1.29, 1.82) is 0 Å².